The summed E-state index contributed by atoms with van der Waals surface area (Å²) in [6, 6.07) is 0. The van der Waals surface area contributed by atoms with Gasteiger partial charge in [-0.2, -0.15) is 0 Å². The van der Waals surface area contributed by atoms with Crippen molar-refractivity contribution in [3.05, 3.63) is 12.2 Å². The number of rotatable bonds is 2. The van der Waals surface area contributed by atoms with Crippen LogP contribution in [0.5, 0.6) is 0 Å². The molecule has 0 N–H and O–H groups in total. The quantitative estimate of drug-likeness (QED) is 0.468. The SMILES string of the molecule is C=C1CC2CCCCC2(C)[C@H]2CCC3(C)C([C@H](C)CC)CC[C@H]3C12. The highest BCUT2D eigenvalue weighted by Crippen LogP contribution is 2.69. The van der Waals surface area contributed by atoms with Gasteiger partial charge in [0.2, 0.25) is 0 Å². The number of hydrogen-bond donors (Lipinski definition) is 0. The van der Waals surface area contributed by atoms with Crippen LogP contribution in [0.25, 0.3) is 0 Å². The highest BCUT2D eigenvalue weighted by Gasteiger charge is 2.60. The predicted molar refractivity (Wildman–Crippen MR) is 104 cm³/mol. The summed E-state index contributed by atoms with van der Waals surface area (Å²) in [5, 5.41) is 0. The Labute approximate surface area is 150 Å². The monoisotopic (exact) mass is 328 g/mol. The van der Waals surface area contributed by atoms with E-state index in [1.165, 1.54) is 64.2 Å². The van der Waals surface area contributed by atoms with Gasteiger partial charge in [-0.3, -0.25) is 0 Å². The molecule has 0 aromatic carbocycles. The molecule has 8 atom stereocenters. The second-order valence-electron chi connectivity index (χ2n) is 10.7. The topological polar surface area (TPSA) is 0 Å². The zero-order chi connectivity index (χ0) is 17.1. The molecule has 4 fully saturated rings. The first-order valence-corrected chi connectivity index (χ1v) is 11.1. The van der Waals surface area contributed by atoms with Crippen LogP contribution in [0.1, 0.15) is 91.9 Å². The van der Waals surface area contributed by atoms with Crippen molar-refractivity contribution in [1.29, 1.82) is 0 Å². The van der Waals surface area contributed by atoms with Crippen LogP contribution in [0.2, 0.25) is 0 Å². The number of hydrogen-bond acceptors (Lipinski definition) is 0. The van der Waals surface area contributed by atoms with Crippen molar-refractivity contribution in [2.75, 3.05) is 0 Å². The van der Waals surface area contributed by atoms with E-state index in [-0.39, 0.29) is 0 Å². The summed E-state index contributed by atoms with van der Waals surface area (Å²) in [5.41, 5.74) is 2.92. The van der Waals surface area contributed by atoms with E-state index >= 15 is 0 Å². The summed E-state index contributed by atoms with van der Waals surface area (Å²) in [4.78, 5) is 0. The highest BCUT2D eigenvalue weighted by molar-refractivity contribution is 5.21. The van der Waals surface area contributed by atoms with Crippen molar-refractivity contribution in [1.82, 2.24) is 0 Å². The molecule has 4 aliphatic rings. The van der Waals surface area contributed by atoms with Crippen LogP contribution < -0.4 is 0 Å². The fourth-order valence-corrected chi connectivity index (χ4v) is 8.41. The van der Waals surface area contributed by atoms with Gasteiger partial charge in [-0.15, -0.1) is 0 Å². The van der Waals surface area contributed by atoms with Crippen LogP contribution >= 0.6 is 0 Å². The maximum atomic E-state index is 4.70. The smallest absolute Gasteiger partial charge is 0.0138 e. The maximum Gasteiger partial charge on any atom is -0.0138 e. The van der Waals surface area contributed by atoms with Gasteiger partial charge in [0.25, 0.3) is 0 Å². The molecule has 4 saturated carbocycles. The Hall–Kier alpha value is -0.260. The lowest BCUT2D eigenvalue weighted by molar-refractivity contribution is -0.0894. The summed E-state index contributed by atoms with van der Waals surface area (Å²) in [7, 11) is 0. The molecule has 4 aliphatic carbocycles. The summed E-state index contributed by atoms with van der Waals surface area (Å²) in [5.74, 6) is 5.60. The Balaban J connectivity index is 1.66. The van der Waals surface area contributed by atoms with Crippen molar-refractivity contribution in [3.63, 3.8) is 0 Å². The molecule has 4 rings (SSSR count). The Kier molecular flexibility index (Phi) is 4.21. The van der Waals surface area contributed by atoms with Gasteiger partial charge in [0.1, 0.15) is 0 Å². The predicted octanol–water partition coefficient (Wildman–Crippen LogP) is 7.25. The van der Waals surface area contributed by atoms with E-state index in [1.54, 1.807) is 5.57 Å². The van der Waals surface area contributed by atoms with Gasteiger partial charge < -0.3 is 0 Å². The van der Waals surface area contributed by atoms with E-state index in [1.807, 2.05) is 0 Å². The highest BCUT2D eigenvalue weighted by atomic mass is 14.6. The summed E-state index contributed by atoms with van der Waals surface area (Å²) >= 11 is 0. The first kappa shape index (κ1) is 17.2. The molecule has 0 radical (unpaired) electrons. The molecule has 0 bridgehead atoms. The first-order chi connectivity index (χ1) is 11.4. The number of allylic oxidation sites excluding steroid dienone is 1. The van der Waals surface area contributed by atoms with Crippen molar-refractivity contribution in [2.24, 2.45) is 46.3 Å². The Morgan fingerprint density at radius 2 is 1.75 bits per heavy atom. The van der Waals surface area contributed by atoms with Gasteiger partial charge in [-0.05, 0) is 91.3 Å². The average molecular weight is 329 g/mol. The van der Waals surface area contributed by atoms with E-state index in [0.29, 0.717) is 10.8 Å². The zero-order valence-corrected chi connectivity index (χ0v) is 16.7. The van der Waals surface area contributed by atoms with Crippen molar-refractivity contribution in [2.45, 2.75) is 91.9 Å². The third-order valence-corrected chi connectivity index (χ3v) is 9.95. The van der Waals surface area contributed by atoms with E-state index in [2.05, 4.69) is 27.7 Å². The Morgan fingerprint density at radius 1 is 1.00 bits per heavy atom. The molecule has 0 heteroatoms. The van der Waals surface area contributed by atoms with Crippen molar-refractivity contribution < 1.29 is 0 Å². The van der Waals surface area contributed by atoms with Crippen molar-refractivity contribution >= 4 is 0 Å². The molecule has 5 unspecified atom stereocenters. The second kappa shape index (κ2) is 5.88. The third kappa shape index (κ3) is 2.23. The fourth-order valence-electron chi connectivity index (χ4n) is 8.41. The lowest BCUT2D eigenvalue weighted by Gasteiger charge is -2.61. The molecule has 0 saturated heterocycles. The minimum Gasteiger partial charge on any atom is -0.0995 e. The molecular weight excluding hydrogens is 288 g/mol. The van der Waals surface area contributed by atoms with Gasteiger partial charge in [0.15, 0.2) is 0 Å². The largest absolute Gasteiger partial charge is 0.0995 e. The lowest BCUT2D eigenvalue weighted by atomic mass is 9.43. The van der Waals surface area contributed by atoms with Crippen LogP contribution in [0.15, 0.2) is 12.2 Å². The molecule has 0 aromatic heterocycles. The van der Waals surface area contributed by atoms with E-state index in [4.69, 9.17) is 6.58 Å². The minimum atomic E-state index is 0.609. The molecule has 0 heterocycles. The summed E-state index contributed by atoms with van der Waals surface area (Å²) in [6.45, 7) is 15.0. The minimum absolute atomic E-state index is 0.609. The van der Waals surface area contributed by atoms with E-state index < -0.39 is 0 Å². The molecule has 0 aliphatic heterocycles. The van der Waals surface area contributed by atoms with Crippen LogP contribution in [0.3, 0.4) is 0 Å². The van der Waals surface area contributed by atoms with Crippen molar-refractivity contribution in [3.8, 4) is 0 Å². The molecule has 0 nitrogen and oxygen atoms in total. The van der Waals surface area contributed by atoms with Crippen LogP contribution in [-0.4, -0.2) is 0 Å². The molecular formula is C24H40. The average Bonchev–Trinajstić information content (AvgIpc) is 2.92. The molecule has 0 spiro atoms. The van der Waals surface area contributed by atoms with Crippen LogP contribution in [0, 0.1) is 46.3 Å². The second-order valence-corrected chi connectivity index (χ2v) is 10.7. The first-order valence-electron chi connectivity index (χ1n) is 11.1. The Morgan fingerprint density at radius 3 is 2.50 bits per heavy atom. The van der Waals surface area contributed by atoms with Gasteiger partial charge in [-0.25, -0.2) is 0 Å². The van der Waals surface area contributed by atoms with Gasteiger partial charge in [-0.1, -0.05) is 59.1 Å². The van der Waals surface area contributed by atoms with Gasteiger partial charge in [0, 0.05) is 0 Å². The van der Waals surface area contributed by atoms with E-state index in [9.17, 15) is 0 Å². The Bertz CT molecular complexity index is 504. The summed E-state index contributed by atoms with van der Waals surface area (Å²) in [6.07, 6.45) is 14.7. The van der Waals surface area contributed by atoms with E-state index in [0.717, 1.165) is 35.5 Å². The molecule has 0 aromatic rings. The maximum absolute atomic E-state index is 4.70. The number of fused-ring (bicyclic) bond motifs is 5. The standard InChI is InChI=1S/C24H40/c1-6-16(2)19-10-11-20-22-17(3)15-18-9-7-8-13-23(18,4)21(22)12-14-24(19,20)5/h16,18-22H,3,6-15H2,1-2,4-5H3/t16-,18?,19?,20+,21+,22?,23?,24?/m1/s1. The third-order valence-electron chi connectivity index (χ3n) is 9.95. The van der Waals surface area contributed by atoms with Crippen LogP contribution in [0.4, 0.5) is 0 Å². The normalized spacial score (nSPS) is 52.3. The van der Waals surface area contributed by atoms with Gasteiger partial charge in [0.05, 0.1) is 0 Å². The zero-order valence-electron chi connectivity index (χ0n) is 16.7. The van der Waals surface area contributed by atoms with Crippen LogP contribution in [-0.2, 0) is 0 Å². The molecule has 24 heavy (non-hydrogen) atoms. The summed E-state index contributed by atoms with van der Waals surface area (Å²) < 4.78 is 0. The molecule has 136 valence electrons. The fraction of sp³-hybridized carbons (Fsp3) is 0.917. The lowest BCUT2D eigenvalue weighted by Crippen LogP contribution is -2.53. The van der Waals surface area contributed by atoms with Gasteiger partial charge >= 0.3 is 0 Å². The molecule has 0 amide bonds.